The van der Waals surface area contributed by atoms with Crippen LogP contribution in [0.4, 0.5) is 0 Å². The Morgan fingerprint density at radius 2 is 2.17 bits per heavy atom. The normalized spacial score (nSPS) is 11.6. The Bertz CT molecular complexity index is 398. The van der Waals surface area contributed by atoms with E-state index in [2.05, 4.69) is 22.0 Å². The van der Waals surface area contributed by atoms with Gasteiger partial charge in [-0.25, -0.2) is 0 Å². The summed E-state index contributed by atoms with van der Waals surface area (Å²) in [5, 5.41) is 9.65. The van der Waals surface area contributed by atoms with E-state index in [4.69, 9.17) is 0 Å². The smallest absolute Gasteiger partial charge is 0.222 e. The van der Waals surface area contributed by atoms with E-state index in [0.717, 1.165) is 16.6 Å². The highest BCUT2D eigenvalue weighted by Crippen LogP contribution is 2.23. The molecule has 0 aliphatic carbocycles. The number of hydrogen-bond donors (Lipinski definition) is 1. The van der Waals surface area contributed by atoms with Crippen LogP contribution in [0.15, 0.2) is 15.9 Å². The summed E-state index contributed by atoms with van der Waals surface area (Å²) >= 11 is 5.13. The van der Waals surface area contributed by atoms with Gasteiger partial charge in [0.05, 0.1) is 9.39 Å². The van der Waals surface area contributed by atoms with Crippen molar-refractivity contribution in [1.82, 2.24) is 4.90 Å². The van der Waals surface area contributed by atoms with E-state index >= 15 is 0 Å². The van der Waals surface area contributed by atoms with Gasteiger partial charge in [0.2, 0.25) is 5.91 Å². The van der Waals surface area contributed by atoms with Gasteiger partial charge < -0.3 is 10.0 Å². The van der Waals surface area contributed by atoms with Crippen LogP contribution >= 0.6 is 27.3 Å². The zero-order valence-electron chi connectivity index (χ0n) is 11.1. The molecule has 0 aliphatic heterocycles. The molecule has 1 aromatic heterocycles. The summed E-state index contributed by atoms with van der Waals surface area (Å²) in [5.74, 6) is 0.0905. The van der Waals surface area contributed by atoms with Gasteiger partial charge in [-0.1, -0.05) is 0 Å². The minimum atomic E-state index is -0.830. The highest BCUT2D eigenvalue weighted by molar-refractivity contribution is 9.11. The first-order valence-electron chi connectivity index (χ1n) is 5.98. The average molecular weight is 334 g/mol. The number of likely N-dealkylation sites (N-methyl/N-ethyl adjacent to an activating group) is 1. The lowest BCUT2D eigenvalue weighted by Crippen LogP contribution is -2.39. The molecule has 1 heterocycles. The molecule has 0 fully saturated rings. The van der Waals surface area contributed by atoms with Crippen LogP contribution in [0, 0.1) is 0 Å². The van der Waals surface area contributed by atoms with Gasteiger partial charge in [0.15, 0.2) is 0 Å². The first kappa shape index (κ1) is 15.7. The third-order valence-corrected chi connectivity index (χ3v) is 4.18. The first-order chi connectivity index (χ1) is 8.28. The van der Waals surface area contributed by atoms with Gasteiger partial charge in [0.25, 0.3) is 0 Å². The molecule has 0 bridgehead atoms. The topological polar surface area (TPSA) is 40.5 Å². The summed E-state index contributed by atoms with van der Waals surface area (Å²) in [6.45, 7) is 3.79. The summed E-state index contributed by atoms with van der Waals surface area (Å²) in [6, 6.07) is 4.11. The van der Waals surface area contributed by atoms with Gasteiger partial charge in [0.1, 0.15) is 0 Å². The fraction of sp³-hybridized carbons (Fsp3) is 0.615. The van der Waals surface area contributed by atoms with E-state index in [9.17, 15) is 9.90 Å². The van der Waals surface area contributed by atoms with Gasteiger partial charge in [-0.15, -0.1) is 11.3 Å². The van der Waals surface area contributed by atoms with Crippen LogP contribution < -0.4 is 0 Å². The van der Waals surface area contributed by atoms with E-state index < -0.39 is 5.60 Å². The van der Waals surface area contributed by atoms with Crippen molar-refractivity contribution < 1.29 is 9.90 Å². The molecule has 1 rings (SSSR count). The van der Waals surface area contributed by atoms with Crippen LogP contribution in [0.25, 0.3) is 0 Å². The second kappa shape index (κ2) is 6.68. The van der Waals surface area contributed by atoms with Gasteiger partial charge in [-0.3, -0.25) is 4.79 Å². The molecule has 0 saturated heterocycles. The molecule has 0 atom stereocenters. The van der Waals surface area contributed by atoms with Gasteiger partial charge >= 0.3 is 0 Å². The molecule has 0 aromatic carbocycles. The summed E-state index contributed by atoms with van der Waals surface area (Å²) in [4.78, 5) is 14.7. The standard InChI is InChI=1S/C13H20BrNO2S/c1-13(2,17)9-15(3)12(16)6-4-5-10-7-8-11(14)18-10/h7-8,17H,4-6,9H2,1-3H3. The Kier molecular flexibility index (Phi) is 5.82. The van der Waals surface area contributed by atoms with Crippen molar-refractivity contribution in [2.45, 2.75) is 38.7 Å². The molecule has 1 amide bonds. The van der Waals surface area contributed by atoms with Gasteiger partial charge in [0, 0.05) is 24.9 Å². The SMILES string of the molecule is CN(CC(C)(C)O)C(=O)CCCc1ccc(Br)s1. The molecule has 5 heteroatoms. The zero-order valence-corrected chi connectivity index (χ0v) is 13.5. The van der Waals surface area contributed by atoms with Crippen molar-refractivity contribution in [2.75, 3.05) is 13.6 Å². The minimum absolute atomic E-state index is 0.0905. The molecule has 102 valence electrons. The van der Waals surface area contributed by atoms with Gasteiger partial charge in [-0.05, 0) is 54.8 Å². The number of halogens is 1. The maximum atomic E-state index is 11.8. The number of rotatable bonds is 6. The fourth-order valence-corrected chi connectivity index (χ4v) is 3.28. The summed E-state index contributed by atoms with van der Waals surface area (Å²) in [7, 11) is 1.74. The van der Waals surface area contributed by atoms with Crippen molar-refractivity contribution in [2.24, 2.45) is 0 Å². The lowest BCUT2D eigenvalue weighted by Gasteiger charge is -2.25. The van der Waals surface area contributed by atoms with Crippen LogP contribution in [-0.2, 0) is 11.2 Å². The Labute approximate surface area is 121 Å². The first-order valence-corrected chi connectivity index (χ1v) is 7.59. The second-order valence-electron chi connectivity index (χ2n) is 5.12. The number of thiophene rings is 1. The summed E-state index contributed by atoms with van der Waals surface area (Å²) in [6.07, 6.45) is 2.31. The molecule has 1 aromatic rings. The lowest BCUT2D eigenvalue weighted by atomic mass is 10.1. The predicted octanol–water partition coefficient (Wildman–Crippen LogP) is 3.06. The van der Waals surface area contributed by atoms with Crippen molar-refractivity contribution in [3.8, 4) is 0 Å². The lowest BCUT2D eigenvalue weighted by molar-refractivity contribution is -0.132. The number of aryl methyl sites for hydroxylation is 1. The van der Waals surface area contributed by atoms with Crippen LogP contribution in [-0.4, -0.2) is 35.1 Å². The molecular formula is C13H20BrNO2S. The highest BCUT2D eigenvalue weighted by atomic mass is 79.9. The molecule has 0 aliphatic rings. The Balaban J connectivity index is 2.28. The monoisotopic (exact) mass is 333 g/mol. The molecule has 1 N–H and O–H groups in total. The third kappa shape index (κ3) is 5.98. The van der Waals surface area contributed by atoms with E-state index in [1.807, 2.05) is 6.07 Å². The second-order valence-corrected chi connectivity index (χ2v) is 7.67. The van der Waals surface area contributed by atoms with Crippen LogP contribution in [0.2, 0.25) is 0 Å². The number of amides is 1. The maximum Gasteiger partial charge on any atom is 0.222 e. The van der Waals surface area contributed by atoms with E-state index in [1.165, 1.54) is 4.88 Å². The van der Waals surface area contributed by atoms with Crippen molar-refractivity contribution >= 4 is 33.2 Å². The predicted molar refractivity (Wildman–Crippen MR) is 78.9 cm³/mol. The van der Waals surface area contributed by atoms with E-state index in [1.54, 1.807) is 37.1 Å². The molecule has 0 radical (unpaired) electrons. The molecule has 0 saturated carbocycles. The number of carbonyl (C=O) groups is 1. The zero-order chi connectivity index (χ0) is 13.8. The van der Waals surface area contributed by atoms with Crippen molar-refractivity contribution in [3.63, 3.8) is 0 Å². The summed E-state index contributed by atoms with van der Waals surface area (Å²) in [5.41, 5.74) is -0.830. The third-order valence-electron chi connectivity index (χ3n) is 2.49. The average Bonchev–Trinajstić information content (AvgIpc) is 2.61. The molecule has 3 nitrogen and oxygen atoms in total. The van der Waals surface area contributed by atoms with Gasteiger partial charge in [-0.2, -0.15) is 0 Å². The van der Waals surface area contributed by atoms with E-state index in [0.29, 0.717) is 13.0 Å². The molecule has 0 unspecified atom stereocenters. The maximum absolute atomic E-state index is 11.8. The number of carbonyl (C=O) groups excluding carboxylic acids is 1. The largest absolute Gasteiger partial charge is 0.389 e. The molecule has 18 heavy (non-hydrogen) atoms. The highest BCUT2D eigenvalue weighted by Gasteiger charge is 2.18. The Hall–Kier alpha value is -0.390. The van der Waals surface area contributed by atoms with Crippen LogP contribution in [0.5, 0.6) is 0 Å². The number of nitrogens with zero attached hydrogens (tertiary/aromatic N) is 1. The Morgan fingerprint density at radius 1 is 1.50 bits per heavy atom. The van der Waals surface area contributed by atoms with Crippen molar-refractivity contribution in [3.05, 3.63) is 20.8 Å². The Morgan fingerprint density at radius 3 is 2.67 bits per heavy atom. The van der Waals surface area contributed by atoms with Crippen molar-refractivity contribution in [1.29, 1.82) is 0 Å². The number of hydrogen-bond acceptors (Lipinski definition) is 3. The molecular weight excluding hydrogens is 314 g/mol. The fourth-order valence-electron chi connectivity index (χ4n) is 1.76. The van der Waals surface area contributed by atoms with Crippen LogP contribution in [0.3, 0.4) is 0 Å². The number of aliphatic hydroxyl groups is 1. The van der Waals surface area contributed by atoms with Crippen LogP contribution in [0.1, 0.15) is 31.6 Å². The summed E-state index contributed by atoms with van der Waals surface area (Å²) < 4.78 is 1.13. The quantitative estimate of drug-likeness (QED) is 0.869. The van der Waals surface area contributed by atoms with E-state index in [-0.39, 0.29) is 5.91 Å². The molecule has 0 spiro atoms. The minimum Gasteiger partial charge on any atom is -0.389 e.